The summed E-state index contributed by atoms with van der Waals surface area (Å²) in [4.78, 5) is 24.7. The summed E-state index contributed by atoms with van der Waals surface area (Å²) in [7, 11) is 0. The second kappa shape index (κ2) is 8.13. The number of carbonyl (C=O) groups is 1. The number of nitrogens with zero attached hydrogens (tertiary/aromatic N) is 4. The molecule has 3 rings (SSSR count). The van der Waals surface area contributed by atoms with E-state index in [0.29, 0.717) is 17.6 Å². The largest absolute Gasteiger partial charge is 0.394 e. The summed E-state index contributed by atoms with van der Waals surface area (Å²) in [5, 5.41) is 22.8. The molecule has 0 radical (unpaired) electrons. The molecule has 1 fully saturated rings. The molecule has 11 heteroatoms. The number of nitrogens with two attached hydrogens (primary N) is 2. The van der Waals surface area contributed by atoms with E-state index >= 15 is 0 Å². The predicted octanol–water partition coefficient (Wildman–Crippen LogP) is -1.34. The Kier molecular flexibility index (Phi) is 5.85. The van der Waals surface area contributed by atoms with E-state index in [-0.39, 0.29) is 5.82 Å². The number of fused-ring (bicyclic) bond motifs is 1. The Labute approximate surface area is 155 Å². The van der Waals surface area contributed by atoms with Crippen molar-refractivity contribution in [3.8, 4) is 0 Å². The van der Waals surface area contributed by atoms with Gasteiger partial charge in [0.05, 0.1) is 19.0 Å². The lowest BCUT2D eigenvalue weighted by molar-refractivity contribution is -0.124. The minimum absolute atomic E-state index is 0.207. The van der Waals surface area contributed by atoms with Gasteiger partial charge in [-0.05, 0) is 6.42 Å². The number of hydrogen-bond donors (Lipinski definition) is 5. The maximum Gasteiger partial charge on any atom is 0.237 e. The third-order valence-corrected chi connectivity index (χ3v) is 4.73. The first-order chi connectivity index (χ1) is 13.0. The number of amides is 1. The Hall–Kier alpha value is -2.34. The first-order valence-electron chi connectivity index (χ1n) is 8.91. The second-order valence-corrected chi connectivity index (χ2v) is 6.60. The van der Waals surface area contributed by atoms with Crippen molar-refractivity contribution in [2.75, 3.05) is 12.3 Å². The number of aliphatic hydroxyl groups excluding tert-OH is 2. The van der Waals surface area contributed by atoms with Gasteiger partial charge in [-0.25, -0.2) is 15.0 Å². The number of imidazole rings is 1. The van der Waals surface area contributed by atoms with Gasteiger partial charge in [-0.2, -0.15) is 0 Å². The molecule has 148 valence electrons. The minimum atomic E-state index is -1.13. The summed E-state index contributed by atoms with van der Waals surface area (Å²) in [6, 6.07) is -1.53. The van der Waals surface area contributed by atoms with E-state index in [1.165, 1.54) is 12.7 Å². The minimum Gasteiger partial charge on any atom is -0.394 e. The van der Waals surface area contributed by atoms with Crippen LogP contribution in [0.1, 0.15) is 32.4 Å². The van der Waals surface area contributed by atoms with Crippen molar-refractivity contribution >= 4 is 22.9 Å². The number of hydrogen-bond acceptors (Lipinski definition) is 9. The molecule has 27 heavy (non-hydrogen) atoms. The molecule has 7 N–H and O–H groups in total. The Morgan fingerprint density at radius 1 is 1.44 bits per heavy atom. The maximum absolute atomic E-state index is 12.4. The molecule has 0 saturated carbocycles. The third kappa shape index (κ3) is 3.72. The summed E-state index contributed by atoms with van der Waals surface area (Å²) in [5.41, 5.74) is 12.5. The van der Waals surface area contributed by atoms with Gasteiger partial charge in [0.2, 0.25) is 5.91 Å². The van der Waals surface area contributed by atoms with Crippen LogP contribution in [0.2, 0.25) is 0 Å². The molecule has 5 atom stereocenters. The maximum atomic E-state index is 12.4. The van der Waals surface area contributed by atoms with E-state index in [1.54, 1.807) is 4.57 Å². The molecule has 3 heterocycles. The highest BCUT2D eigenvalue weighted by Crippen LogP contribution is 2.32. The lowest BCUT2D eigenvalue weighted by atomic mass is 10.1. The molecule has 0 aliphatic carbocycles. The number of carbonyl (C=O) groups excluding carboxylic acids is 1. The molecular weight excluding hydrogens is 354 g/mol. The lowest BCUT2D eigenvalue weighted by Gasteiger charge is -2.24. The average Bonchev–Trinajstić information content (AvgIpc) is 3.22. The molecule has 2 unspecified atom stereocenters. The number of unbranched alkanes of at least 4 members (excludes halogenated alkanes) is 1. The first-order valence-corrected chi connectivity index (χ1v) is 8.91. The van der Waals surface area contributed by atoms with Crippen LogP contribution in [0.25, 0.3) is 11.2 Å². The van der Waals surface area contributed by atoms with Crippen LogP contribution in [0.4, 0.5) is 5.82 Å². The number of nitrogen functional groups attached to an aromatic ring is 1. The Bertz CT molecular complexity index is 798. The van der Waals surface area contributed by atoms with E-state index < -0.39 is 43.0 Å². The van der Waals surface area contributed by atoms with Crippen molar-refractivity contribution in [1.82, 2.24) is 24.8 Å². The number of ether oxygens (including phenoxy) is 1. The van der Waals surface area contributed by atoms with E-state index in [1.807, 2.05) is 6.92 Å². The summed E-state index contributed by atoms with van der Waals surface area (Å²) < 4.78 is 7.31. The first kappa shape index (κ1) is 19.4. The fraction of sp³-hybridized carbons (Fsp3) is 0.625. The van der Waals surface area contributed by atoms with Gasteiger partial charge >= 0.3 is 0 Å². The van der Waals surface area contributed by atoms with Crippen molar-refractivity contribution in [2.24, 2.45) is 5.73 Å². The fourth-order valence-electron chi connectivity index (χ4n) is 3.17. The molecular formula is C16H25N7O4. The summed E-state index contributed by atoms with van der Waals surface area (Å²) in [6.07, 6.45) is 2.19. The molecule has 1 amide bonds. The van der Waals surface area contributed by atoms with Crippen LogP contribution < -0.4 is 16.8 Å². The SMILES string of the molecule is CCCCC(N)C(=O)N[C@H]1C(O)[C@@H](CO)O[C@H]1n1cnc2c(N)ncnc21. The normalized spacial score (nSPS) is 26.4. The van der Waals surface area contributed by atoms with Gasteiger partial charge in [0, 0.05) is 0 Å². The van der Waals surface area contributed by atoms with Crippen molar-refractivity contribution in [3.63, 3.8) is 0 Å². The van der Waals surface area contributed by atoms with Crippen LogP contribution in [-0.2, 0) is 9.53 Å². The van der Waals surface area contributed by atoms with Crippen LogP contribution in [-0.4, -0.2) is 66.5 Å². The number of rotatable bonds is 7. The smallest absolute Gasteiger partial charge is 0.237 e. The number of aliphatic hydroxyl groups is 2. The lowest BCUT2D eigenvalue weighted by Crippen LogP contribution is -2.51. The van der Waals surface area contributed by atoms with Crippen LogP contribution in [0.5, 0.6) is 0 Å². The van der Waals surface area contributed by atoms with E-state index in [0.717, 1.165) is 12.8 Å². The molecule has 1 aliphatic heterocycles. The Morgan fingerprint density at radius 2 is 2.22 bits per heavy atom. The van der Waals surface area contributed by atoms with Crippen molar-refractivity contribution in [2.45, 2.75) is 56.7 Å². The Morgan fingerprint density at radius 3 is 2.93 bits per heavy atom. The topological polar surface area (TPSA) is 174 Å². The molecule has 2 aromatic heterocycles. The molecule has 1 saturated heterocycles. The van der Waals surface area contributed by atoms with Gasteiger partial charge < -0.3 is 31.7 Å². The highest BCUT2D eigenvalue weighted by molar-refractivity contribution is 5.82. The van der Waals surface area contributed by atoms with Gasteiger partial charge in [0.25, 0.3) is 0 Å². The molecule has 0 aromatic carbocycles. The zero-order valence-electron chi connectivity index (χ0n) is 15.0. The Balaban J connectivity index is 1.87. The number of anilines is 1. The summed E-state index contributed by atoms with van der Waals surface area (Å²) >= 11 is 0. The summed E-state index contributed by atoms with van der Waals surface area (Å²) in [5.74, 6) is -0.184. The van der Waals surface area contributed by atoms with Gasteiger partial charge in [-0.1, -0.05) is 19.8 Å². The summed E-state index contributed by atoms with van der Waals surface area (Å²) in [6.45, 7) is 1.61. The average molecular weight is 379 g/mol. The van der Waals surface area contributed by atoms with Crippen molar-refractivity contribution in [1.29, 1.82) is 0 Å². The molecule has 1 aliphatic rings. The van der Waals surface area contributed by atoms with Crippen LogP contribution in [0.3, 0.4) is 0 Å². The fourth-order valence-corrected chi connectivity index (χ4v) is 3.17. The van der Waals surface area contributed by atoms with Crippen LogP contribution >= 0.6 is 0 Å². The monoisotopic (exact) mass is 379 g/mol. The van der Waals surface area contributed by atoms with Crippen molar-refractivity contribution in [3.05, 3.63) is 12.7 Å². The van der Waals surface area contributed by atoms with Gasteiger partial charge in [0.15, 0.2) is 17.7 Å². The predicted molar refractivity (Wildman–Crippen MR) is 96.2 cm³/mol. The highest BCUT2D eigenvalue weighted by atomic mass is 16.5. The van der Waals surface area contributed by atoms with Crippen molar-refractivity contribution < 1.29 is 19.7 Å². The van der Waals surface area contributed by atoms with Gasteiger partial charge in [-0.3, -0.25) is 9.36 Å². The number of nitrogens with one attached hydrogen (secondary N) is 1. The van der Waals surface area contributed by atoms with E-state index in [9.17, 15) is 15.0 Å². The molecule has 2 aromatic rings. The van der Waals surface area contributed by atoms with Crippen LogP contribution in [0, 0.1) is 0 Å². The van der Waals surface area contributed by atoms with E-state index in [2.05, 4.69) is 20.3 Å². The molecule has 0 bridgehead atoms. The second-order valence-electron chi connectivity index (χ2n) is 6.60. The zero-order valence-corrected chi connectivity index (χ0v) is 15.0. The molecule has 0 spiro atoms. The van der Waals surface area contributed by atoms with Crippen LogP contribution in [0.15, 0.2) is 12.7 Å². The molecule has 11 nitrogen and oxygen atoms in total. The highest BCUT2D eigenvalue weighted by Gasteiger charge is 2.46. The van der Waals surface area contributed by atoms with E-state index in [4.69, 9.17) is 16.2 Å². The zero-order chi connectivity index (χ0) is 19.6. The van der Waals surface area contributed by atoms with Gasteiger partial charge in [-0.15, -0.1) is 0 Å². The van der Waals surface area contributed by atoms with Gasteiger partial charge in [0.1, 0.15) is 30.1 Å². The third-order valence-electron chi connectivity index (χ3n) is 4.73. The number of aromatic nitrogens is 4. The standard InChI is InChI=1S/C16H25N7O4/c1-2-3-4-8(17)15(26)22-10-12(25)9(5-24)27-16(10)23-7-21-11-13(18)19-6-20-14(11)23/h6-10,12,16,24-25H,2-5,17H2,1H3,(H,22,26)(H2,18,19,20)/t8?,9-,10+,12?,16-/m1/s1. The quantitative estimate of drug-likeness (QED) is 0.390.